The van der Waals surface area contributed by atoms with Crippen LogP contribution >= 0.6 is 0 Å². The highest BCUT2D eigenvalue weighted by Gasteiger charge is 2.30. The van der Waals surface area contributed by atoms with Gasteiger partial charge in [0.05, 0.1) is 6.10 Å². The van der Waals surface area contributed by atoms with E-state index in [1.807, 2.05) is 32.1 Å². The van der Waals surface area contributed by atoms with Crippen LogP contribution in [0.1, 0.15) is 60.3 Å². The standard InChI is InChI=1S/C18H30O/c1-7-9-14(3)17(8-2)19-16-12-10-15(11-13-16)18(4,5)6/h7-9,15-16H,3,10-13H2,1-2,4-6H3/b9-7-,17-8+/t15-,16-. The summed E-state index contributed by atoms with van der Waals surface area (Å²) in [6.07, 6.45) is 11.3. The summed E-state index contributed by atoms with van der Waals surface area (Å²) in [6.45, 7) is 15.1. The van der Waals surface area contributed by atoms with Crippen molar-refractivity contribution in [1.82, 2.24) is 0 Å². The fourth-order valence-electron chi connectivity index (χ4n) is 2.84. The second-order valence-electron chi connectivity index (χ2n) is 6.64. The van der Waals surface area contributed by atoms with Crippen molar-refractivity contribution < 1.29 is 4.74 Å². The van der Waals surface area contributed by atoms with Crippen molar-refractivity contribution in [2.24, 2.45) is 11.3 Å². The summed E-state index contributed by atoms with van der Waals surface area (Å²) in [7, 11) is 0. The Balaban J connectivity index is 2.51. The molecule has 0 amide bonds. The molecule has 19 heavy (non-hydrogen) atoms. The third-order valence-corrected chi connectivity index (χ3v) is 4.14. The summed E-state index contributed by atoms with van der Waals surface area (Å²) in [6, 6.07) is 0. The Bertz CT molecular complexity index is 346. The molecule has 0 N–H and O–H groups in total. The predicted octanol–water partition coefficient (Wildman–Crippen LogP) is 5.64. The van der Waals surface area contributed by atoms with E-state index in [2.05, 4.69) is 27.4 Å². The van der Waals surface area contributed by atoms with Gasteiger partial charge in [-0.05, 0) is 56.9 Å². The average molecular weight is 262 g/mol. The van der Waals surface area contributed by atoms with Crippen molar-refractivity contribution in [3.63, 3.8) is 0 Å². The van der Waals surface area contributed by atoms with Crippen molar-refractivity contribution in [1.29, 1.82) is 0 Å². The molecule has 0 heterocycles. The molecule has 1 nitrogen and oxygen atoms in total. The van der Waals surface area contributed by atoms with Crippen LogP contribution < -0.4 is 0 Å². The molecule has 0 aromatic heterocycles. The van der Waals surface area contributed by atoms with Crippen LogP contribution in [-0.2, 0) is 4.74 Å². The molecule has 1 aliphatic rings. The van der Waals surface area contributed by atoms with Crippen molar-refractivity contribution in [2.45, 2.75) is 66.4 Å². The third kappa shape index (κ3) is 4.89. The minimum absolute atomic E-state index is 0.367. The lowest BCUT2D eigenvalue weighted by atomic mass is 9.72. The minimum Gasteiger partial charge on any atom is -0.490 e. The Labute approximate surface area is 119 Å². The van der Waals surface area contributed by atoms with Gasteiger partial charge in [-0.1, -0.05) is 39.5 Å². The molecule has 0 saturated heterocycles. The zero-order chi connectivity index (χ0) is 14.5. The second-order valence-corrected chi connectivity index (χ2v) is 6.64. The van der Waals surface area contributed by atoms with Crippen LogP contribution in [0.5, 0.6) is 0 Å². The van der Waals surface area contributed by atoms with Crippen LogP contribution in [0.4, 0.5) is 0 Å². The molecule has 108 valence electrons. The zero-order valence-corrected chi connectivity index (χ0v) is 13.3. The molecular weight excluding hydrogens is 232 g/mol. The number of ether oxygens (including phenoxy) is 1. The summed E-state index contributed by atoms with van der Waals surface area (Å²) in [5, 5.41) is 0. The molecule has 1 saturated carbocycles. The molecule has 1 aliphatic carbocycles. The van der Waals surface area contributed by atoms with Gasteiger partial charge in [-0.25, -0.2) is 0 Å². The molecule has 0 aromatic rings. The lowest BCUT2D eigenvalue weighted by Crippen LogP contribution is -2.29. The summed E-state index contributed by atoms with van der Waals surface area (Å²) in [5.74, 6) is 1.78. The minimum atomic E-state index is 0.367. The summed E-state index contributed by atoms with van der Waals surface area (Å²) in [4.78, 5) is 0. The number of hydrogen-bond acceptors (Lipinski definition) is 1. The Morgan fingerprint density at radius 3 is 2.11 bits per heavy atom. The summed E-state index contributed by atoms with van der Waals surface area (Å²) in [5.41, 5.74) is 1.41. The summed E-state index contributed by atoms with van der Waals surface area (Å²) < 4.78 is 6.13. The maximum absolute atomic E-state index is 6.13. The molecule has 1 heteroatoms. The van der Waals surface area contributed by atoms with E-state index in [-0.39, 0.29) is 0 Å². The monoisotopic (exact) mass is 262 g/mol. The van der Waals surface area contributed by atoms with Gasteiger partial charge in [0.25, 0.3) is 0 Å². The van der Waals surface area contributed by atoms with Crippen molar-refractivity contribution in [2.75, 3.05) is 0 Å². The smallest absolute Gasteiger partial charge is 0.122 e. The van der Waals surface area contributed by atoms with Crippen molar-refractivity contribution in [3.8, 4) is 0 Å². The lowest BCUT2D eigenvalue weighted by Gasteiger charge is -2.37. The number of allylic oxidation sites excluding steroid dienone is 3. The summed E-state index contributed by atoms with van der Waals surface area (Å²) >= 11 is 0. The van der Waals surface area contributed by atoms with Crippen molar-refractivity contribution in [3.05, 3.63) is 36.1 Å². The van der Waals surface area contributed by atoms with E-state index < -0.39 is 0 Å². The van der Waals surface area contributed by atoms with Crippen molar-refractivity contribution >= 4 is 0 Å². The molecule has 0 atom stereocenters. The van der Waals surface area contributed by atoms with E-state index in [1.54, 1.807) is 0 Å². The van der Waals surface area contributed by atoms with Gasteiger partial charge >= 0.3 is 0 Å². The number of rotatable bonds is 4. The first-order valence-electron chi connectivity index (χ1n) is 7.53. The Hall–Kier alpha value is -0.980. The first-order chi connectivity index (χ1) is 8.88. The maximum atomic E-state index is 6.13. The SMILES string of the molecule is C=C(/C=C\C)/C(=C\C)O[C@H]1CC[C@H](C(C)(C)C)CC1. The Morgan fingerprint density at radius 2 is 1.68 bits per heavy atom. The van der Waals surface area contributed by atoms with Gasteiger partial charge in [0, 0.05) is 5.57 Å². The highest BCUT2D eigenvalue weighted by atomic mass is 16.5. The molecule has 0 bridgehead atoms. The normalized spacial score (nSPS) is 25.6. The fraction of sp³-hybridized carbons (Fsp3) is 0.667. The van der Waals surface area contributed by atoms with E-state index in [9.17, 15) is 0 Å². The first kappa shape index (κ1) is 16.1. The van der Waals surface area contributed by atoms with E-state index in [0.717, 1.165) is 17.3 Å². The van der Waals surface area contributed by atoms with Gasteiger partial charge in [0.2, 0.25) is 0 Å². The molecule has 0 aliphatic heterocycles. The van der Waals surface area contributed by atoms with Crippen LogP contribution in [-0.4, -0.2) is 6.10 Å². The molecule has 0 spiro atoms. The van der Waals surface area contributed by atoms with E-state index in [1.165, 1.54) is 25.7 Å². The average Bonchev–Trinajstić information content (AvgIpc) is 2.35. The first-order valence-corrected chi connectivity index (χ1v) is 7.53. The predicted molar refractivity (Wildman–Crippen MR) is 84.0 cm³/mol. The van der Waals surface area contributed by atoms with Gasteiger partial charge in [-0.15, -0.1) is 0 Å². The molecular formula is C18H30O. The zero-order valence-electron chi connectivity index (χ0n) is 13.3. The quantitative estimate of drug-likeness (QED) is 0.470. The van der Waals surface area contributed by atoms with Gasteiger partial charge < -0.3 is 4.74 Å². The van der Waals surface area contributed by atoms with E-state index in [4.69, 9.17) is 4.74 Å². The van der Waals surface area contributed by atoms with Crippen LogP contribution in [0.2, 0.25) is 0 Å². The highest BCUT2D eigenvalue weighted by Crippen LogP contribution is 2.39. The van der Waals surface area contributed by atoms with Gasteiger partial charge in [0.1, 0.15) is 5.76 Å². The largest absolute Gasteiger partial charge is 0.490 e. The number of hydrogen-bond donors (Lipinski definition) is 0. The fourth-order valence-corrected chi connectivity index (χ4v) is 2.84. The highest BCUT2D eigenvalue weighted by molar-refractivity contribution is 5.32. The second kappa shape index (κ2) is 6.98. The molecule has 1 rings (SSSR count). The molecule has 0 unspecified atom stereocenters. The van der Waals surface area contributed by atoms with Gasteiger partial charge in [-0.3, -0.25) is 0 Å². The van der Waals surface area contributed by atoms with Crippen LogP contribution in [0.25, 0.3) is 0 Å². The van der Waals surface area contributed by atoms with Crippen LogP contribution in [0.15, 0.2) is 36.1 Å². The topological polar surface area (TPSA) is 9.23 Å². The Kier molecular flexibility index (Phi) is 5.90. The van der Waals surface area contributed by atoms with Crippen LogP contribution in [0.3, 0.4) is 0 Å². The Morgan fingerprint density at radius 1 is 1.11 bits per heavy atom. The lowest BCUT2D eigenvalue weighted by molar-refractivity contribution is 0.0475. The molecule has 0 radical (unpaired) electrons. The van der Waals surface area contributed by atoms with E-state index >= 15 is 0 Å². The third-order valence-electron chi connectivity index (χ3n) is 4.14. The van der Waals surface area contributed by atoms with Crippen LogP contribution in [0, 0.1) is 11.3 Å². The molecule has 1 fully saturated rings. The maximum Gasteiger partial charge on any atom is 0.122 e. The van der Waals surface area contributed by atoms with Gasteiger partial charge in [0.15, 0.2) is 0 Å². The van der Waals surface area contributed by atoms with Gasteiger partial charge in [-0.2, -0.15) is 0 Å². The van der Waals surface area contributed by atoms with E-state index in [0.29, 0.717) is 11.5 Å². The molecule has 0 aromatic carbocycles.